The number of aromatic hydroxyl groups is 2. The SMILES string of the molecule is CC(OCc1ccc(-c2ccc(O)cc2)cc1)C(C)OCc1ccc(-c2ccc(O)cc2)cc1. The van der Waals surface area contributed by atoms with Crippen LogP contribution in [-0.2, 0) is 22.7 Å². The molecule has 4 heteroatoms. The average molecular weight is 455 g/mol. The van der Waals surface area contributed by atoms with Crippen LogP contribution in [0.25, 0.3) is 22.3 Å². The van der Waals surface area contributed by atoms with Crippen molar-refractivity contribution < 1.29 is 19.7 Å². The molecule has 0 amide bonds. The second-order valence-corrected chi connectivity index (χ2v) is 8.52. The predicted molar refractivity (Wildman–Crippen MR) is 136 cm³/mol. The van der Waals surface area contributed by atoms with Crippen LogP contribution in [0.5, 0.6) is 11.5 Å². The Morgan fingerprint density at radius 3 is 1.03 bits per heavy atom. The van der Waals surface area contributed by atoms with Crippen molar-refractivity contribution >= 4 is 0 Å². The molecule has 0 fully saturated rings. The lowest BCUT2D eigenvalue weighted by Crippen LogP contribution is -2.26. The molecule has 0 saturated carbocycles. The second-order valence-electron chi connectivity index (χ2n) is 8.52. The summed E-state index contributed by atoms with van der Waals surface area (Å²) in [4.78, 5) is 0. The molecule has 0 bridgehead atoms. The first-order valence-electron chi connectivity index (χ1n) is 11.5. The molecule has 4 aromatic rings. The lowest BCUT2D eigenvalue weighted by molar-refractivity contribution is -0.0686. The highest BCUT2D eigenvalue weighted by atomic mass is 16.5. The van der Waals surface area contributed by atoms with Crippen LogP contribution < -0.4 is 0 Å². The number of hydrogen-bond acceptors (Lipinski definition) is 4. The third kappa shape index (κ3) is 6.25. The van der Waals surface area contributed by atoms with Gasteiger partial charge in [-0.15, -0.1) is 0 Å². The van der Waals surface area contributed by atoms with Crippen LogP contribution in [0.3, 0.4) is 0 Å². The van der Waals surface area contributed by atoms with Crippen LogP contribution in [0, 0.1) is 0 Å². The van der Waals surface area contributed by atoms with E-state index in [1.54, 1.807) is 24.3 Å². The van der Waals surface area contributed by atoms with Crippen molar-refractivity contribution in [2.45, 2.75) is 39.3 Å². The predicted octanol–water partition coefficient (Wildman–Crippen LogP) is 6.94. The minimum atomic E-state index is -0.0481. The van der Waals surface area contributed by atoms with Crippen molar-refractivity contribution in [2.75, 3.05) is 0 Å². The number of hydrogen-bond donors (Lipinski definition) is 2. The van der Waals surface area contributed by atoms with E-state index in [1.165, 1.54) is 0 Å². The fourth-order valence-electron chi connectivity index (χ4n) is 3.62. The molecule has 0 aliphatic rings. The summed E-state index contributed by atoms with van der Waals surface area (Å²) < 4.78 is 12.1. The van der Waals surface area contributed by atoms with Gasteiger partial charge in [0.2, 0.25) is 0 Å². The maximum Gasteiger partial charge on any atom is 0.115 e. The van der Waals surface area contributed by atoms with E-state index in [0.717, 1.165) is 33.4 Å². The lowest BCUT2D eigenvalue weighted by Gasteiger charge is -2.21. The summed E-state index contributed by atoms with van der Waals surface area (Å²) in [6.45, 7) is 5.10. The fraction of sp³-hybridized carbons (Fsp3) is 0.200. The van der Waals surface area contributed by atoms with Crippen molar-refractivity contribution in [1.29, 1.82) is 0 Å². The Morgan fingerprint density at radius 2 is 0.735 bits per heavy atom. The molecule has 0 radical (unpaired) electrons. The molecular weight excluding hydrogens is 424 g/mol. The quantitative estimate of drug-likeness (QED) is 0.287. The van der Waals surface area contributed by atoms with Gasteiger partial charge < -0.3 is 19.7 Å². The second kappa shape index (κ2) is 11.0. The lowest BCUT2D eigenvalue weighted by atomic mass is 10.0. The van der Waals surface area contributed by atoms with E-state index in [2.05, 4.69) is 48.5 Å². The molecule has 0 saturated heterocycles. The van der Waals surface area contributed by atoms with Gasteiger partial charge in [-0.3, -0.25) is 0 Å². The molecule has 2 atom stereocenters. The van der Waals surface area contributed by atoms with Crippen LogP contribution in [0.2, 0.25) is 0 Å². The molecule has 0 aromatic heterocycles. The smallest absolute Gasteiger partial charge is 0.115 e. The van der Waals surface area contributed by atoms with Crippen LogP contribution in [0.15, 0.2) is 97.1 Å². The van der Waals surface area contributed by atoms with E-state index < -0.39 is 0 Å². The summed E-state index contributed by atoms with van der Waals surface area (Å²) in [5.74, 6) is 0.537. The Balaban J connectivity index is 1.24. The van der Waals surface area contributed by atoms with Crippen LogP contribution in [-0.4, -0.2) is 22.4 Å². The van der Waals surface area contributed by atoms with Gasteiger partial charge in [0.25, 0.3) is 0 Å². The average Bonchev–Trinajstić information content (AvgIpc) is 2.87. The molecule has 34 heavy (non-hydrogen) atoms. The molecule has 0 spiro atoms. The van der Waals surface area contributed by atoms with E-state index in [-0.39, 0.29) is 23.7 Å². The summed E-state index contributed by atoms with van der Waals surface area (Å²) in [6, 6.07) is 30.9. The van der Waals surface area contributed by atoms with Gasteiger partial charge in [0, 0.05) is 0 Å². The van der Waals surface area contributed by atoms with E-state index >= 15 is 0 Å². The Kier molecular flexibility index (Phi) is 7.63. The summed E-state index contributed by atoms with van der Waals surface area (Å²) in [5, 5.41) is 18.9. The molecule has 4 aromatic carbocycles. The van der Waals surface area contributed by atoms with Crippen LogP contribution in [0.4, 0.5) is 0 Å². The van der Waals surface area contributed by atoms with Gasteiger partial charge in [-0.05, 0) is 71.5 Å². The van der Waals surface area contributed by atoms with E-state index in [9.17, 15) is 10.2 Å². The van der Waals surface area contributed by atoms with Gasteiger partial charge in [0.05, 0.1) is 25.4 Å². The molecule has 4 rings (SSSR count). The van der Waals surface area contributed by atoms with Gasteiger partial charge in [-0.1, -0.05) is 72.8 Å². The summed E-state index contributed by atoms with van der Waals surface area (Å²) in [6.07, 6.45) is -0.0962. The Bertz CT molecular complexity index is 1070. The summed E-state index contributed by atoms with van der Waals surface area (Å²) in [5.41, 5.74) is 6.54. The van der Waals surface area contributed by atoms with Crippen molar-refractivity contribution in [3.8, 4) is 33.8 Å². The minimum Gasteiger partial charge on any atom is -0.508 e. The summed E-state index contributed by atoms with van der Waals surface area (Å²) >= 11 is 0. The highest BCUT2D eigenvalue weighted by molar-refractivity contribution is 5.65. The highest BCUT2D eigenvalue weighted by Crippen LogP contribution is 2.24. The van der Waals surface area contributed by atoms with E-state index in [0.29, 0.717) is 13.2 Å². The molecule has 0 aliphatic heterocycles. The molecule has 2 unspecified atom stereocenters. The van der Waals surface area contributed by atoms with Crippen LogP contribution >= 0.6 is 0 Å². The third-order valence-electron chi connectivity index (χ3n) is 6.00. The molecular formula is C30H30O4. The van der Waals surface area contributed by atoms with Crippen molar-refractivity contribution in [1.82, 2.24) is 0 Å². The Morgan fingerprint density at radius 1 is 0.471 bits per heavy atom. The third-order valence-corrected chi connectivity index (χ3v) is 6.00. The fourth-order valence-corrected chi connectivity index (χ4v) is 3.62. The largest absolute Gasteiger partial charge is 0.508 e. The number of benzene rings is 4. The number of rotatable bonds is 9. The minimum absolute atomic E-state index is 0.0481. The first-order chi connectivity index (χ1) is 16.5. The van der Waals surface area contributed by atoms with Gasteiger partial charge in [0.1, 0.15) is 11.5 Å². The topological polar surface area (TPSA) is 58.9 Å². The zero-order valence-corrected chi connectivity index (χ0v) is 19.5. The number of phenolic OH excluding ortho intramolecular Hbond substituents is 2. The maximum absolute atomic E-state index is 9.45. The van der Waals surface area contributed by atoms with E-state index in [1.807, 2.05) is 38.1 Å². The highest BCUT2D eigenvalue weighted by Gasteiger charge is 2.14. The molecule has 174 valence electrons. The van der Waals surface area contributed by atoms with Gasteiger partial charge >= 0.3 is 0 Å². The van der Waals surface area contributed by atoms with E-state index in [4.69, 9.17) is 9.47 Å². The normalized spacial score (nSPS) is 12.9. The Labute approximate surface area is 201 Å². The number of ether oxygens (including phenoxy) is 2. The molecule has 4 nitrogen and oxygen atoms in total. The standard InChI is InChI=1S/C30H30O4/c1-21(33-19-23-3-7-25(8-4-23)27-11-15-29(31)16-12-27)22(2)34-20-24-5-9-26(10-6-24)28-13-17-30(32)18-14-28/h3-18,21-22,31-32H,19-20H2,1-2H3. The van der Waals surface area contributed by atoms with Gasteiger partial charge in [0.15, 0.2) is 0 Å². The first kappa shape index (κ1) is 23.6. The zero-order chi connectivity index (χ0) is 23.9. The molecule has 0 aliphatic carbocycles. The maximum atomic E-state index is 9.45. The van der Waals surface area contributed by atoms with Crippen molar-refractivity contribution in [3.63, 3.8) is 0 Å². The van der Waals surface area contributed by atoms with Crippen molar-refractivity contribution in [2.24, 2.45) is 0 Å². The number of phenols is 2. The monoisotopic (exact) mass is 454 g/mol. The zero-order valence-electron chi connectivity index (χ0n) is 19.5. The van der Waals surface area contributed by atoms with Crippen molar-refractivity contribution in [3.05, 3.63) is 108 Å². The molecule has 2 N–H and O–H groups in total. The van der Waals surface area contributed by atoms with Gasteiger partial charge in [-0.2, -0.15) is 0 Å². The van der Waals surface area contributed by atoms with Crippen LogP contribution in [0.1, 0.15) is 25.0 Å². The summed E-state index contributed by atoms with van der Waals surface area (Å²) in [7, 11) is 0. The molecule has 0 heterocycles. The Hall–Kier alpha value is -3.60. The first-order valence-corrected chi connectivity index (χ1v) is 11.5. The van der Waals surface area contributed by atoms with Gasteiger partial charge in [-0.25, -0.2) is 0 Å².